The molecule has 2 aromatic heterocycles. The number of nitrogens with one attached hydrogen (secondary N) is 2. The third-order valence-corrected chi connectivity index (χ3v) is 5.89. The number of hydrogen-bond donors (Lipinski definition) is 2. The lowest BCUT2D eigenvalue weighted by Gasteiger charge is -2.03. The van der Waals surface area contributed by atoms with Gasteiger partial charge < -0.3 is 14.7 Å². The molecule has 3 rings (SSSR count). The minimum atomic E-state index is 0.698. The van der Waals surface area contributed by atoms with Crippen LogP contribution in [0, 0.1) is 11.3 Å². The molecule has 0 fully saturated rings. The number of aromatic amines is 2. The minimum Gasteiger partial charge on any atom is -0.491 e. The SMILES string of the molecule is CCCOc1cc(-c2ccc[nH]2)[nH]c1C=C1C=CC(CCCCCCCCCCCC#N)=N1. The van der Waals surface area contributed by atoms with E-state index in [0.717, 1.165) is 47.8 Å². The van der Waals surface area contributed by atoms with Gasteiger partial charge >= 0.3 is 0 Å². The van der Waals surface area contributed by atoms with Crippen molar-refractivity contribution in [3.8, 4) is 23.2 Å². The third-order valence-electron chi connectivity index (χ3n) is 5.89. The van der Waals surface area contributed by atoms with Crippen molar-refractivity contribution in [1.29, 1.82) is 5.26 Å². The van der Waals surface area contributed by atoms with Crippen molar-refractivity contribution >= 4 is 11.8 Å². The molecule has 1 aliphatic rings. The molecule has 5 nitrogen and oxygen atoms in total. The molecule has 0 aliphatic carbocycles. The number of nitriles is 1. The van der Waals surface area contributed by atoms with Gasteiger partial charge in [0.15, 0.2) is 0 Å². The molecule has 5 heteroatoms. The van der Waals surface area contributed by atoms with Gasteiger partial charge in [0.05, 0.1) is 35.5 Å². The lowest BCUT2D eigenvalue weighted by Crippen LogP contribution is -1.95. The summed E-state index contributed by atoms with van der Waals surface area (Å²) in [6.45, 7) is 2.82. The Morgan fingerprint density at radius 1 is 1.00 bits per heavy atom. The molecule has 176 valence electrons. The van der Waals surface area contributed by atoms with E-state index in [0.29, 0.717) is 13.0 Å². The summed E-state index contributed by atoms with van der Waals surface area (Å²) in [5.41, 5.74) is 5.18. The van der Waals surface area contributed by atoms with Crippen LogP contribution in [0.5, 0.6) is 5.75 Å². The standard InChI is InChI=1S/C28H38N4O/c1-2-20-33-28-22-26(25-15-13-19-30-25)32-27(28)21-24-17-16-23(31-24)14-11-9-7-5-3-4-6-8-10-12-18-29/h13,15-17,19,21-22,30,32H,2-12,14,20H2,1H3. The number of rotatable bonds is 16. The van der Waals surface area contributed by atoms with Crippen molar-refractivity contribution in [2.75, 3.05) is 6.61 Å². The number of hydrogen-bond acceptors (Lipinski definition) is 3. The molecule has 33 heavy (non-hydrogen) atoms. The van der Waals surface area contributed by atoms with Crippen molar-refractivity contribution in [3.63, 3.8) is 0 Å². The normalized spacial score (nSPS) is 14.1. The van der Waals surface area contributed by atoms with Crippen LogP contribution in [0.2, 0.25) is 0 Å². The van der Waals surface area contributed by atoms with E-state index in [4.69, 9.17) is 15.0 Å². The highest BCUT2D eigenvalue weighted by Crippen LogP contribution is 2.29. The molecular formula is C28H38N4O. The number of H-pyrrole nitrogens is 2. The molecule has 0 spiro atoms. The Bertz CT molecular complexity index is 957. The van der Waals surface area contributed by atoms with E-state index in [1.807, 2.05) is 12.3 Å². The van der Waals surface area contributed by atoms with Gasteiger partial charge in [-0.15, -0.1) is 0 Å². The third kappa shape index (κ3) is 8.46. The van der Waals surface area contributed by atoms with Gasteiger partial charge in [-0.3, -0.25) is 4.99 Å². The van der Waals surface area contributed by atoms with Gasteiger partial charge in [0.1, 0.15) is 5.75 Å². The summed E-state index contributed by atoms with van der Waals surface area (Å²) in [5, 5.41) is 8.55. The van der Waals surface area contributed by atoms with Gasteiger partial charge in [0.25, 0.3) is 0 Å². The van der Waals surface area contributed by atoms with E-state index in [1.54, 1.807) is 0 Å². The molecule has 2 aromatic rings. The number of nitrogens with zero attached hydrogens (tertiary/aromatic N) is 2. The Labute approximate surface area is 198 Å². The zero-order valence-electron chi connectivity index (χ0n) is 20.0. The van der Waals surface area contributed by atoms with Crippen molar-refractivity contribution in [1.82, 2.24) is 9.97 Å². The fourth-order valence-electron chi connectivity index (χ4n) is 4.07. The zero-order chi connectivity index (χ0) is 23.1. The molecule has 3 heterocycles. The van der Waals surface area contributed by atoms with Crippen molar-refractivity contribution in [2.45, 2.75) is 84.0 Å². The molecule has 0 amide bonds. The van der Waals surface area contributed by atoms with Crippen molar-refractivity contribution in [3.05, 3.63) is 47.9 Å². The Morgan fingerprint density at radius 3 is 2.45 bits per heavy atom. The monoisotopic (exact) mass is 446 g/mol. The fraction of sp³-hybridized carbons (Fsp3) is 0.500. The number of unbranched alkanes of at least 4 members (excludes halogenated alkanes) is 9. The molecule has 0 saturated heterocycles. The molecule has 0 aromatic carbocycles. The first-order valence-electron chi connectivity index (χ1n) is 12.6. The summed E-state index contributed by atoms with van der Waals surface area (Å²) in [5.74, 6) is 0.871. The van der Waals surface area contributed by atoms with Gasteiger partial charge in [0.2, 0.25) is 0 Å². The highest BCUT2D eigenvalue weighted by Gasteiger charge is 2.12. The van der Waals surface area contributed by atoms with Crippen molar-refractivity contribution in [2.24, 2.45) is 4.99 Å². The maximum atomic E-state index is 8.55. The first kappa shape index (κ1) is 24.6. The summed E-state index contributed by atoms with van der Waals surface area (Å²) in [6, 6.07) is 8.33. The number of allylic oxidation sites excluding steroid dienone is 2. The molecule has 0 radical (unpaired) electrons. The van der Waals surface area contributed by atoms with Crippen LogP contribution in [-0.2, 0) is 0 Å². The maximum Gasteiger partial charge on any atom is 0.144 e. The van der Waals surface area contributed by atoms with Gasteiger partial charge in [-0.25, -0.2) is 0 Å². The topological polar surface area (TPSA) is 77.0 Å². The van der Waals surface area contributed by atoms with Crippen LogP contribution in [0.4, 0.5) is 0 Å². The summed E-state index contributed by atoms with van der Waals surface area (Å²) < 4.78 is 5.97. The van der Waals surface area contributed by atoms with Crippen LogP contribution < -0.4 is 4.74 Å². The second-order valence-corrected chi connectivity index (χ2v) is 8.74. The molecule has 2 N–H and O–H groups in total. The Kier molecular flexibility index (Phi) is 10.6. The van der Waals surface area contributed by atoms with Gasteiger partial charge in [-0.05, 0) is 56.0 Å². The summed E-state index contributed by atoms with van der Waals surface area (Å²) in [4.78, 5) is 11.5. The molecule has 0 atom stereocenters. The van der Waals surface area contributed by atoms with Crippen LogP contribution in [0.1, 0.15) is 89.7 Å². The minimum absolute atomic E-state index is 0.698. The second kappa shape index (κ2) is 14.2. The predicted octanol–water partition coefficient (Wildman–Crippen LogP) is 7.96. The zero-order valence-corrected chi connectivity index (χ0v) is 20.0. The van der Waals surface area contributed by atoms with E-state index in [2.05, 4.69) is 53.3 Å². The smallest absolute Gasteiger partial charge is 0.144 e. The molecular weight excluding hydrogens is 408 g/mol. The fourth-order valence-corrected chi connectivity index (χ4v) is 4.07. The van der Waals surface area contributed by atoms with Gasteiger partial charge in [0, 0.05) is 24.4 Å². The highest BCUT2D eigenvalue weighted by atomic mass is 16.5. The first-order valence-corrected chi connectivity index (χ1v) is 12.6. The van der Waals surface area contributed by atoms with Crippen LogP contribution in [0.25, 0.3) is 17.5 Å². The average Bonchev–Trinajstić information content (AvgIpc) is 3.58. The Hall–Kier alpha value is -3.00. The van der Waals surface area contributed by atoms with Gasteiger partial charge in [-0.1, -0.05) is 51.9 Å². The maximum absolute atomic E-state index is 8.55. The molecule has 0 saturated carbocycles. The lowest BCUT2D eigenvalue weighted by molar-refractivity contribution is 0.317. The van der Waals surface area contributed by atoms with E-state index in [1.165, 1.54) is 57.1 Å². The van der Waals surface area contributed by atoms with E-state index < -0.39 is 0 Å². The lowest BCUT2D eigenvalue weighted by atomic mass is 10.0. The largest absolute Gasteiger partial charge is 0.491 e. The summed E-state index contributed by atoms with van der Waals surface area (Å²) in [7, 11) is 0. The van der Waals surface area contributed by atoms with Crippen LogP contribution in [-0.4, -0.2) is 22.3 Å². The van der Waals surface area contributed by atoms with Crippen molar-refractivity contribution < 1.29 is 4.74 Å². The van der Waals surface area contributed by atoms with Crippen LogP contribution in [0.3, 0.4) is 0 Å². The quantitative estimate of drug-likeness (QED) is 0.256. The van der Waals surface area contributed by atoms with Crippen LogP contribution >= 0.6 is 0 Å². The van der Waals surface area contributed by atoms with E-state index in [9.17, 15) is 0 Å². The van der Waals surface area contributed by atoms with E-state index >= 15 is 0 Å². The first-order chi connectivity index (χ1) is 16.3. The van der Waals surface area contributed by atoms with E-state index in [-0.39, 0.29) is 0 Å². The number of ether oxygens (including phenoxy) is 1. The molecule has 0 unspecified atom stereocenters. The average molecular weight is 447 g/mol. The summed E-state index contributed by atoms with van der Waals surface area (Å²) >= 11 is 0. The Balaban J connectivity index is 1.42. The van der Waals surface area contributed by atoms with Crippen LogP contribution in [0.15, 0.2) is 47.2 Å². The Morgan fingerprint density at radius 2 is 1.76 bits per heavy atom. The second-order valence-electron chi connectivity index (χ2n) is 8.74. The molecule has 0 bridgehead atoms. The highest BCUT2D eigenvalue weighted by molar-refractivity contribution is 5.99. The number of aliphatic imine (C=N–C) groups is 1. The summed E-state index contributed by atoms with van der Waals surface area (Å²) in [6.07, 6.45) is 22.2. The van der Waals surface area contributed by atoms with Gasteiger partial charge in [-0.2, -0.15) is 5.26 Å². The number of aromatic nitrogens is 2. The predicted molar refractivity (Wildman–Crippen MR) is 137 cm³/mol. The molecule has 1 aliphatic heterocycles.